The number of hydrogen-bond acceptors (Lipinski definition) is 20. The second-order valence-corrected chi connectivity index (χ2v) is 46.7. The first-order valence-electron chi connectivity index (χ1n) is 52.2. The summed E-state index contributed by atoms with van der Waals surface area (Å²) in [6.45, 7) is 75.0. The molecule has 0 unspecified atom stereocenters. The summed E-state index contributed by atoms with van der Waals surface area (Å²) in [5, 5.41) is 0. The number of ether oxygens (including phenoxy) is 11. The van der Waals surface area contributed by atoms with Crippen molar-refractivity contribution in [2.24, 2.45) is 17.4 Å². The highest BCUT2D eigenvalue weighted by molar-refractivity contribution is 5.95. The van der Waals surface area contributed by atoms with Crippen molar-refractivity contribution in [1.82, 2.24) is 14.5 Å². The van der Waals surface area contributed by atoms with Crippen molar-refractivity contribution >= 4 is 35.2 Å². The van der Waals surface area contributed by atoms with Gasteiger partial charge in [0.05, 0.1) is 59.1 Å². The zero-order chi connectivity index (χ0) is 110. The lowest BCUT2D eigenvalue weighted by atomic mass is 9.87. The van der Waals surface area contributed by atoms with Gasteiger partial charge in [-0.25, -0.2) is 4.98 Å². The molecule has 4 heterocycles. The van der Waals surface area contributed by atoms with Gasteiger partial charge >= 0.3 is 24.3 Å². The molecule has 1 amide bonds. The summed E-state index contributed by atoms with van der Waals surface area (Å²) in [6.07, 6.45) is 6.79. The number of carbonyl (C=O) groups excluding carboxylic acids is 4. The molecule has 3 fully saturated rings. The Kier molecular flexibility index (Phi) is 52.2. The van der Waals surface area contributed by atoms with Gasteiger partial charge in [-0.05, 0) is 244 Å². The number of carbonyl (C=O) groups is 4. The number of unbranched alkanes of at least 4 members (excludes halogenated alkanes) is 1. The molecule has 0 saturated carbocycles. The first kappa shape index (κ1) is 126. The van der Waals surface area contributed by atoms with Crippen LogP contribution in [0.4, 0.5) is 24.5 Å². The van der Waals surface area contributed by atoms with Crippen LogP contribution in [-0.2, 0) is 92.7 Å². The van der Waals surface area contributed by atoms with Gasteiger partial charge in [0.15, 0.2) is 0 Å². The number of anilines is 2. The lowest BCUT2D eigenvalue weighted by Crippen LogP contribution is -2.37. The second-order valence-electron chi connectivity index (χ2n) is 46.7. The Hall–Kier alpha value is -11.0. The molecule has 3 aliphatic heterocycles. The molecule has 1 aromatic heterocycles. The standard InChI is InChI=1S/C19H30O3.C17H27NO3.C17H27NO2.C16H22N2O.C14H21NO3.C14H21NO.C14H19NO.C11H13F3O/c1-18(2,3)15-10-12-16(13-11-15)21-14-8-7-9-17(20)22-19(4,5)6;1-12(2)15(18)16(19)21-10-9-20-14-8-6-7-13(11-14)17(3,4)5;1-17(2,3)15-6-4-7-16(14-15)20-11-5-8-18-9-12-19-13-10-18;1-16(2,3)14-6-4-7-15(12-14)19-11-5-9-18-10-8-17-13-18;1-14(2,3)11-5-4-6-12(9-11)17-7-8-18-13(16)10-15;1-14(2,3)12-4-6-13(7-5-12)15-8-10-16-11-9-15;1-14(2,3)11-6-8-12(9-7-11)15-10-4-5-13(15)16;1-10(2,3)8-5-4-6-9(7-8)15-11(12,13)14/h10-13H,7-9,14H2,1-6H3;6-8,11-12,15H,9-10,18H2,1-5H3;4,6-7,14H,5,8-13H2,1-3H3;4,6-8,10,12-13H,5,9,11H2,1-3H3;4-6,9H,7-8,10,15H2,1-3H3;4-7H,8-11H2,1-3H3;6-9H,4-5,10H2,1-3H3;4-7H,1-3H3/t;15-;;;;;;/m.0....../s1. The fraction of sp³-hybridized carbons (Fsp3) is 0.549. The molecule has 8 aromatic carbocycles. The lowest BCUT2D eigenvalue weighted by molar-refractivity contribution is -0.274. The minimum Gasteiger partial charge on any atom is -0.494 e. The van der Waals surface area contributed by atoms with Gasteiger partial charge < -0.3 is 77.9 Å². The molecule has 3 aliphatic rings. The SMILES string of the molecule is CC(C)(C)OC(=O)CCCCOc1ccc(C(C)(C)C)cc1.CC(C)(C)c1ccc(N2CCCC2=O)cc1.CC(C)(C)c1ccc(N2CCOCC2)cc1.CC(C)(C)c1cccc(OC(F)(F)F)c1.CC(C)(C)c1cccc(OCCCN2CCOCC2)c1.CC(C)(C)c1cccc(OCCCn2ccnc2)c1.CC(C)(C)c1cccc(OCCOC(=O)CN)c1.CC(C)[C@H](N)C(=O)OCCOc1cccc(C(C)(C)C)c1. The van der Waals surface area contributed by atoms with Gasteiger partial charge in [0.25, 0.3) is 0 Å². The minimum absolute atomic E-state index is 0.0712. The number of amides is 1. The van der Waals surface area contributed by atoms with Crippen molar-refractivity contribution < 1.29 is 84.5 Å². The highest BCUT2D eigenvalue weighted by Crippen LogP contribution is 2.35. The topological polar surface area (TPSA) is 249 Å². The molecule has 0 spiro atoms. The molecule has 4 N–H and O–H groups in total. The molecule has 3 saturated heterocycles. The Morgan fingerprint density at radius 3 is 1.12 bits per heavy atom. The molecule has 147 heavy (non-hydrogen) atoms. The van der Waals surface area contributed by atoms with Crippen LogP contribution in [-0.4, -0.2) is 175 Å². The average Bonchev–Trinajstić information content (AvgIpc) is 1.82. The Bertz CT molecular complexity index is 5240. The van der Waals surface area contributed by atoms with Gasteiger partial charge in [-0.15, -0.1) is 13.2 Å². The zero-order valence-corrected chi connectivity index (χ0v) is 94.4. The summed E-state index contributed by atoms with van der Waals surface area (Å²) < 4.78 is 96.2. The normalized spacial score (nSPS) is 13.9. The van der Waals surface area contributed by atoms with Crippen molar-refractivity contribution in [2.75, 3.05) is 128 Å². The van der Waals surface area contributed by atoms with Gasteiger partial charge in [0.2, 0.25) is 5.91 Å². The van der Waals surface area contributed by atoms with E-state index in [9.17, 15) is 32.3 Å². The van der Waals surface area contributed by atoms with E-state index in [1.807, 2.05) is 133 Å². The smallest absolute Gasteiger partial charge is 0.494 e. The van der Waals surface area contributed by atoms with E-state index in [0.29, 0.717) is 32.7 Å². The first-order chi connectivity index (χ1) is 68.6. The fourth-order valence-corrected chi connectivity index (χ4v) is 14.6. The highest BCUT2D eigenvalue weighted by atomic mass is 19.4. The van der Waals surface area contributed by atoms with Crippen LogP contribution in [0, 0.1) is 5.92 Å². The lowest BCUT2D eigenvalue weighted by Gasteiger charge is -2.29. The van der Waals surface area contributed by atoms with Gasteiger partial charge in [-0.3, -0.25) is 24.1 Å². The Balaban J connectivity index is 0.000000296. The number of nitrogens with two attached hydrogens (primary N) is 2. The summed E-state index contributed by atoms with van der Waals surface area (Å²) in [5.41, 5.74) is 23.5. The quantitative estimate of drug-likeness (QED) is 0.0241. The summed E-state index contributed by atoms with van der Waals surface area (Å²) in [6, 6.07) is 63.7. The van der Waals surface area contributed by atoms with E-state index >= 15 is 0 Å². The molecule has 9 aromatic rings. The van der Waals surface area contributed by atoms with Gasteiger partial charge in [-0.1, -0.05) is 277 Å². The molecule has 814 valence electrons. The number of esters is 3. The van der Waals surface area contributed by atoms with Crippen molar-refractivity contribution in [3.63, 3.8) is 0 Å². The Morgan fingerprint density at radius 1 is 0.395 bits per heavy atom. The number of alkyl halides is 3. The van der Waals surface area contributed by atoms with E-state index in [1.165, 1.54) is 56.8 Å². The minimum atomic E-state index is -4.63. The number of nitrogens with zero attached hydrogens (tertiary/aromatic N) is 5. The predicted octanol–water partition coefficient (Wildman–Crippen LogP) is 26.2. The van der Waals surface area contributed by atoms with E-state index in [1.54, 1.807) is 18.3 Å². The van der Waals surface area contributed by atoms with Gasteiger partial charge in [-0.2, -0.15) is 0 Å². The van der Waals surface area contributed by atoms with Crippen LogP contribution in [0.3, 0.4) is 0 Å². The number of imidazole rings is 1. The molecule has 0 radical (unpaired) electrons. The van der Waals surface area contributed by atoms with Gasteiger partial charge in [0.1, 0.15) is 72.6 Å². The van der Waals surface area contributed by atoms with E-state index in [2.05, 4.69) is 279 Å². The summed E-state index contributed by atoms with van der Waals surface area (Å²) >= 11 is 0. The predicted molar refractivity (Wildman–Crippen MR) is 592 cm³/mol. The number of benzene rings is 8. The van der Waals surface area contributed by atoms with E-state index in [4.69, 9.17) is 58.8 Å². The Morgan fingerprint density at radius 2 is 0.755 bits per heavy atom. The maximum atomic E-state index is 11.9. The molecular weight excluding hydrogens is 1860 g/mol. The zero-order valence-electron chi connectivity index (χ0n) is 94.4. The van der Waals surface area contributed by atoms with Crippen LogP contribution in [0.5, 0.6) is 34.5 Å². The second kappa shape index (κ2) is 60.6. The molecule has 1 atom stereocenters. The molecule has 0 bridgehead atoms. The largest absolute Gasteiger partial charge is 0.573 e. The van der Waals surface area contributed by atoms with Crippen molar-refractivity contribution in [3.8, 4) is 34.5 Å². The third-order valence-corrected chi connectivity index (χ3v) is 23.9. The van der Waals surface area contributed by atoms with Crippen LogP contribution in [0.15, 0.2) is 213 Å². The number of morpholine rings is 2. The molecule has 0 aliphatic carbocycles. The molecular formula is C122H180F3N7O15. The van der Waals surface area contributed by atoms with Crippen molar-refractivity contribution in [1.29, 1.82) is 0 Å². The van der Waals surface area contributed by atoms with Crippen molar-refractivity contribution in [3.05, 3.63) is 257 Å². The highest BCUT2D eigenvalue weighted by Gasteiger charge is 2.32. The fourth-order valence-electron chi connectivity index (χ4n) is 14.6. The number of halogens is 3. The van der Waals surface area contributed by atoms with E-state index in [0.717, 1.165) is 158 Å². The summed E-state index contributed by atoms with van der Waals surface area (Å²) in [4.78, 5) is 56.3. The summed E-state index contributed by atoms with van der Waals surface area (Å²) in [7, 11) is 0. The van der Waals surface area contributed by atoms with Crippen LogP contribution in [0.1, 0.15) is 290 Å². The third-order valence-electron chi connectivity index (χ3n) is 23.9. The van der Waals surface area contributed by atoms with Crippen LogP contribution < -0.4 is 49.7 Å². The number of aryl methyl sites for hydroxylation is 1. The van der Waals surface area contributed by atoms with E-state index in [-0.39, 0.29) is 92.6 Å². The number of aromatic nitrogens is 2. The average molecular weight is 2040 g/mol. The first-order valence-corrected chi connectivity index (χ1v) is 52.2. The monoisotopic (exact) mass is 2040 g/mol. The maximum absolute atomic E-state index is 11.9. The Labute approximate surface area is 880 Å². The number of hydrogen-bond donors (Lipinski definition) is 2. The third kappa shape index (κ3) is 52.2. The summed E-state index contributed by atoms with van der Waals surface area (Å²) in [5.74, 6) is 3.61. The van der Waals surface area contributed by atoms with Crippen LogP contribution >= 0.6 is 0 Å². The van der Waals surface area contributed by atoms with Crippen LogP contribution in [0.2, 0.25) is 0 Å². The maximum Gasteiger partial charge on any atom is 0.573 e. The molecule has 12 rings (SSSR count). The molecule has 25 heteroatoms. The van der Waals surface area contributed by atoms with E-state index < -0.39 is 24.0 Å². The number of rotatable bonds is 30. The van der Waals surface area contributed by atoms with Gasteiger partial charge in [0, 0.05) is 82.4 Å². The van der Waals surface area contributed by atoms with Crippen molar-refractivity contribution in [2.45, 2.75) is 314 Å². The molecule has 22 nitrogen and oxygen atoms in total. The van der Waals surface area contributed by atoms with Crippen LogP contribution in [0.25, 0.3) is 0 Å².